The van der Waals surface area contributed by atoms with Gasteiger partial charge in [0.2, 0.25) is 0 Å². The Morgan fingerprint density at radius 1 is 1.50 bits per heavy atom. The fourth-order valence-corrected chi connectivity index (χ4v) is 1.31. The molecule has 0 spiro atoms. The van der Waals surface area contributed by atoms with Crippen molar-refractivity contribution in [3.63, 3.8) is 0 Å². The van der Waals surface area contributed by atoms with E-state index in [2.05, 4.69) is 15.5 Å². The number of benzene rings is 1. The predicted octanol–water partition coefficient (Wildman–Crippen LogP) is 1.48. The molecule has 0 radical (unpaired) electrons. The first-order valence-corrected chi connectivity index (χ1v) is 4.77. The molecule has 82 valence electrons. The molecule has 16 heavy (non-hydrogen) atoms. The number of nitrogens with one attached hydrogen (secondary N) is 2. The van der Waals surface area contributed by atoms with Crippen molar-refractivity contribution in [2.24, 2.45) is 0 Å². The summed E-state index contributed by atoms with van der Waals surface area (Å²) in [5.74, 6) is -0.548. The molecule has 0 aliphatic heterocycles. The Kier molecular flexibility index (Phi) is 2.95. The van der Waals surface area contributed by atoms with Gasteiger partial charge in [-0.3, -0.25) is 9.89 Å². The Morgan fingerprint density at radius 3 is 3.06 bits per heavy atom. The van der Waals surface area contributed by atoms with E-state index >= 15 is 0 Å². The van der Waals surface area contributed by atoms with Gasteiger partial charge in [0.05, 0.1) is 11.8 Å². The van der Waals surface area contributed by atoms with Crippen LogP contribution in [0.15, 0.2) is 36.7 Å². The zero-order chi connectivity index (χ0) is 11.4. The van der Waals surface area contributed by atoms with Crippen LogP contribution >= 0.6 is 0 Å². The number of aromatic amines is 1. The molecule has 4 nitrogen and oxygen atoms in total. The summed E-state index contributed by atoms with van der Waals surface area (Å²) < 4.78 is 12.8. The van der Waals surface area contributed by atoms with Gasteiger partial charge in [-0.05, 0) is 17.7 Å². The highest BCUT2D eigenvalue weighted by molar-refractivity contribution is 5.93. The highest BCUT2D eigenvalue weighted by atomic mass is 19.1. The van der Waals surface area contributed by atoms with Crippen molar-refractivity contribution in [1.29, 1.82) is 0 Å². The van der Waals surface area contributed by atoms with Gasteiger partial charge in [0.15, 0.2) is 0 Å². The minimum atomic E-state index is -0.310. The van der Waals surface area contributed by atoms with Crippen molar-refractivity contribution in [3.05, 3.63) is 53.6 Å². The van der Waals surface area contributed by atoms with Crippen LogP contribution in [0.1, 0.15) is 15.9 Å². The normalized spacial score (nSPS) is 10.1. The van der Waals surface area contributed by atoms with E-state index in [4.69, 9.17) is 0 Å². The van der Waals surface area contributed by atoms with Crippen LogP contribution in [0.4, 0.5) is 4.39 Å². The van der Waals surface area contributed by atoms with Crippen molar-refractivity contribution in [2.75, 3.05) is 0 Å². The maximum absolute atomic E-state index is 12.8. The van der Waals surface area contributed by atoms with E-state index in [9.17, 15) is 9.18 Å². The molecule has 1 amide bonds. The van der Waals surface area contributed by atoms with Crippen molar-refractivity contribution >= 4 is 5.91 Å². The van der Waals surface area contributed by atoms with Gasteiger partial charge in [-0.2, -0.15) is 5.10 Å². The Morgan fingerprint density at radius 2 is 2.38 bits per heavy atom. The van der Waals surface area contributed by atoms with Crippen LogP contribution in [0, 0.1) is 5.82 Å². The first-order chi connectivity index (χ1) is 7.75. The van der Waals surface area contributed by atoms with Crippen LogP contribution in [0.3, 0.4) is 0 Å². The lowest BCUT2D eigenvalue weighted by Crippen LogP contribution is -2.22. The largest absolute Gasteiger partial charge is 0.348 e. The fourth-order valence-electron chi connectivity index (χ4n) is 1.31. The first-order valence-electron chi connectivity index (χ1n) is 4.77. The maximum Gasteiger partial charge on any atom is 0.254 e. The van der Waals surface area contributed by atoms with E-state index < -0.39 is 0 Å². The summed E-state index contributed by atoms with van der Waals surface area (Å²) in [4.78, 5) is 11.5. The second-order valence-electron chi connectivity index (χ2n) is 3.30. The average Bonchev–Trinajstić information content (AvgIpc) is 2.79. The number of rotatable bonds is 3. The number of nitrogens with zero attached hydrogens (tertiary/aromatic N) is 1. The second kappa shape index (κ2) is 4.57. The summed E-state index contributed by atoms with van der Waals surface area (Å²) in [6.45, 7) is 0.293. The summed E-state index contributed by atoms with van der Waals surface area (Å²) in [7, 11) is 0. The number of hydrogen-bond donors (Lipinski definition) is 2. The Balaban J connectivity index is 1.95. The Hall–Kier alpha value is -2.17. The van der Waals surface area contributed by atoms with E-state index in [-0.39, 0.29) is 11.7 Å². The molecule has 5 heteroatoms. The summed E-state index contributed by atoms with van der Waals surface area (Å²) in [5.41, 5.74) is 1.17. The van der Waals surface area contributed by atoms with Crippen LogP contribution in [0.5, 0.6) is 0 Å². The van der Waals surface area contributed by atoms with Crippen LogP contribution in [-0.2, 0) is 6.54 Å². The number of carbonyl (C=O) groups is 1. The molecule has 1 aromatic heterocycles. The molecule has 2 aromatic rings. The van der Waals surface area contributed by atoms with Crippen LogP contribution in [0.2, 0.25) is 0 Å². The van der Waals surface area contributed by atoms with Crippen LogP contribution < -0.4 is 5.32 Å². The number of carbonyl (C=O) groups excluding carboxylic acids is 1. The molecule has 2 N–H and O–H groups in total. The molecule has 0 saturated carbocycles. The fraction of sp³-hybridized carbons (Fsp3) is 0.0909. The lowest BCUT2D eigenvalue weighted by molar-refractivity contribution is 0.0951. The number of H-pyrrole nitrogens is 1. The molecule has 0 fully saturated rings. The lowest BCUT2D eigenvalue weighted by Gasteiger charge is -2.03. The molecular weight excluding hydrogens is 209 g/mol. The van der Waals surface area contributed by atoms with Gasteiger partial charge in [-0.25, -0.2) is 4.39 Å². The zero-order valence-corrected chi connectivity index (χ0v) is 8.40. The Labute approximate surface area is 91.5 Å². The highest BCUT2D eigenvalue weighted by Gasteiger charge is 2.05. The van der Waals surface area contributed by atoms with E-state index in [1.54, 1.807) is 12.1 Å². The van der Waals surface area contributed by atoms with Crippen LogP contribution in [0.25, 0.3) is 0 Å². The molecule has 1 aromatic carbocycles. The average molecular weight is 219 g/mol. The van der Waals surface area contributed by atoms with Gasteiger partial charge >= 0.3 is 0 Å². The van der Waals surface area contributed by atoms with Gasteiger partial charge in [-0.15, -0.1) is 0 Å². The predicted molar refractivity (Wildman–Crippen MR) is 56.2 cm³/mol. The molecule has 0 aliphatic rings. The zero-order valence-electron chi connectivity index (χ0n) is 8.40. The standard InChI is InChI=1S/C11H10FN3O/c12-10-3-1-2-8(4-10)5-13-11(16)9-6-14-15-7-9/h1-4,6-7H,5H2,(H,13,16)(H,14,15). The number of amides is 1. The quantitative estimate of drug-likeness (QED) is 0.821. The molecule has 0 unspecified atom stereocenters. The third-order valence-electron chi connectivity index (χ3n) is 2.10. The van der Waals surface area contributed by atoms with E-state index in [1.165, 1.54) is 24.5 Å². The second-order valence-corrected chi connectivity index (χ2v) is 3.30. The molecule has 1 heterocycles. The number of halogens is 1. The van der Waals surface area contributed by atoms with Crippen LogP contribution in [-0.4, -0.2) is 16.1 Å². The first kappa shape index (κ1) is 10.4. The Bertz CT molecular complexity index is 482. The van der Waals surface area contributed by atoms with Gasteiger partial charge in [0.1, 0.15) is 5.82 Å². The summed E-state index contributed by atoms with van der Waals surface area (Å²) in [6, 6.07) is 6.10. The maximum atomic E-state index is 12.8. The molecular formula is C11H10FN3O. The summed E-state index contributed by atoms with van der Waals surface area (Å²) >= 11 is 0. The van der Waals surface area contributed by atoms with Gasteiger partial charge in [-0.1, -0.05) is 12.1 Å². The topological polar surface area (TPSA) is 57.8 Å². The van der Waals surface area contributed by atoms with Gasteiger partial charge < -0.3 is 5.32 Å². The van der Waals surface area contributed by atoms with E-state index in [1.807, 2.05) is 0 Å². The SMILES string of the molecule is O=C(NCc1cccc(F)c1)c1cn[nH]c1. The molecule has 0 bridgehead atoms. The van der Waals surface area contributed by atoms with Gasteiger partial charge in [0, 0.05) is 12.7 Å². The third-order valence-corrected chi connectivity index (χ3v) is 2.10. The molecule has 0 aliphatic carbocycles. The monoisotopic (exact) mass is 219 g/mol. The van der Waals surface area contributed by atoms with Gasteiger partial charge in [0.25, 0.3) is 5.91 Å². The molecule has 0 saturated heterocycles. The molecule has 2 rings (SSSR count). The van der Waals surface area contributed by atoms with Crippen molar-refractivity contribution in [3.8, 4) is 0 Å². The van der Waals surface area contributed by atoms with Crippen molar-refractivity contribution in [2.45, 2.75) is 6.54 Å². The summed E-state index contributed by atoms with van der Waals surface area (Å²) in [5, 5.41) is 8.88. The van der Waals surface area contributed by atoms with Crippen molar-refractivity contribution in [1.82, 2.24) is 15.5 Å². The summed E-state index contributed by atoms with van der Waals surface area (Å²) in [6.07, 6.45) is 2.93. The number of hydrogen-bond acceptors (Lipinski definition) is 2. The highest BCUT2D eigenvalue weighted by Crippen LogP contribution is 2.03. The van der Waals surface area contributed by atoms with E-state index in [0.29, 0.717) is 12.1 Å². The lowest BCUT2D eigenvalue weighted by atomic mass is 10.2. The van der Waals surface area contributed by atoms with E-state index in [0.717, 1.165) is 5.56 Å². The number of aromatic nitrogens is 2. The molecule has 0 atom stereocenters. The minimum absolute atomic E-state index is 0.238. The van der Waals surface area contributed by atoms with Crippen molar-refractivity contribution < 1.29 is 9.18 Å². The minimum Gasteiger partial charge on any atom is -0.348 e. The third kappa shape index (κ3) is 2.44. The smallest absolute Gasteiger partial charge is 0.254 e.